The summed E-state index contributed by atoms with van der Waals surface area (Å²) in [4.78, 5) is 23.4. The largest absolute Gasteiger partial charge is 0.450 e. The Kier molecular flexibility index (Phi) is 7.85. The minimum atomic E-state index is -0.495. The van der Waals surface area contributed by atoms with Crippen molar-refractivity contribution in [1.82, 2.24) is 25.4 Å². The Labute approximate surface area is 179 Å². The fourth-order valence-electron chi connectivity index (χ4n) is 2.68. The summed E-state index contributed by atoms with van der Waals surface area (Å²) in [5, 5.41) is 14.6. The number of hydrogen-bond acceptors (Lipinski definition) is 6. The molecule has 2 amide bonds. The van der Waals surface area contributed by atoms with E-state index < -0.39 is 6.09 Å². The Hall–Kier alpha value is -3.33. The lowest BCUT2D eigenvalue weighted by atomic mass is 10.2. The van der Waals surface area contributed by atoms with Crippen LogP contribution in [0.2, 0.25) is 0 Å². The molecule has 1 heterocycles. The van der Waals surface area contributed by atoms with Gasteiger partial charge >= 0.3 is 6.09 Å². The molecule has 0 aliphatic heterocycles. The Morgan fingerprint density at radius 2 is 1.63 bits per heavy atom. The summed E-state index contributed by atoms with van der Waals surface area (Å²) < 4.78 is 6.70. The standard InChI is InChI=1S/C21H23N5O3S/c1-2-29-21(28)23-14-13-22-18(27)15-30-20-25-24-19(16-9-5-3-6-10-16)26(20)17-11-7-4-8-12-17/h3-12H,2,13-15H2,1H3,(H,22,27)(H,23,28). The van der Waals surface area contributed by atoms with Gasteiger partial charge in [0.15, 0.2) is 11.0 Å². The van der Waals surface area contributed by atoms with Gasteiger partial charge in [0.1, 0.15) is 0 Å². The second kappa shape index (κ2) is 11.0. The number of para-hydroxylation sites is 1. The van der Waals surface area contributed by atoms with E-state index in [4.69, 9.17) is 4.74 Å². The summed E-state index contributed by atoms with van der Waals surface area (Å²) in [6.07, 6.45) is -0.495. The average molecular weight is 426 g/mol. The molecule has 156 valence electrons. The summed E-state index contributed by atoms with van der Waals surface area (Å²) in [5.74, 6) is 0.733. The molecule has 0 atom stereocenters. The number of thioether (sulfide) groups is 1. The number of nitrogens with zero attached hydrogens (tertiary/aromatic N) is 3. The van der Waals surface area contributed by atoms with E-state index in [-0.39, 0.29) is 11.7 Å². The van der Waals surface area contributed by atoms with Crippen molar-refractivity contribution in [2.24, 2.45) is 0 Å². The fraction of sp³-hybridized carbons (Fsp3) is 0.238. The predicted octanol–water partition coefficient (Wildman–Crippen LogP) is 2.89. The van der Waals surface area contributed by atoms with Crippen LogP contribution in [-0.4, -0.2) is 52.2 Å². The van der Waals surface area contributed by atoms with Crippen LogP contribution < -0.4 is 10.6 Å². The van der Waals surface area contributed by atoms with Crippen LogP contribution in [0.3, 0.4) is 0 Å². The molecule has 8 nitrogen and oxygen atoms in total. The molecule has 2 N–H and O–H groups in total. The van der Waals surface area contributed by atoms with Gasteiger partial charge in [-0.2, -0.15) is 0 Å². The third-order valence-corrected chi connectivity index (χ3v) is 4.93. The van der Waals surface area contributed by atoms with Gasteiger partial charge in [-0.3, -0.25) is 9.36 Å². The maximum atomic E-state index is 12.2. The van der Waals surface area contributed by atoms with Crippen molar-refractivity contribution in [3.8, 4) is 17.1 Å². The molecule has 0 unspecified atom stereocenters. The highest BCUT2D eigenvalue weighted by Gasteiger charge is 2.17. The maximum Gasteiger partial charge on any atom is 0.407 e. The van der Waals surface area contributed by atoms with Crippen LogP contribution in [0.15, 0.2) is 65.8 Å². The van der Waals surface area contributed by atoms with Gasteiger partial charge in [0, 0.05) is 24.3 Å². The van der Waals surface area contributed by atoms with E-state index in [1.807, 2.05) is 65.2 Å². The van der Waals surface area contributed by atoms with Crippen molar-refractivity contribution in [1.29, 1.82) is 0 Å². The van der Waals surface area contributed by atoms with Gasteiger partial charge in [0.05, 0.1) is 12.4 Å². The molecule has 0 spiro atoms. The molecule has 2 aromatic carbocycles. The molecule has 1 aromatic heterocycles. The number of carbonyl (C=O) groups excluding carboxylic acids is 2. The normalized spacial score (nSPS) is 10.4. The van der Waals surface area contributed by atoms with Gasteiger partial charge in [-0.05, 0) is 19.1 Å². The van der Waals surface area contributed by atoms with Gasteiger partial charge in [-0.15, -0.1) is 10.2 Å². The van der Waals surface area contributed by atoms with Crippen LogP contribution in [0.25, 0.3) is 17.1 Å². The maximum absolute atomic E-state index is 12.2. The first-order chi connectivity index (χ1) is 14.7. The van der Waals surface area contributed by atoms with Crippen molar-refractivity contribution in [3.63, 3.8) is 0 Å². The summed E-state index contributed by atoms with van der Waals surface area (Å²) in [5.41, 5.74) is 1.86. The molecule has 0 saturated heterocycles. The third kappa shape index (κ3) is 5.84. The molecule has 30 heavy (non-hydrogen) atoms. The number of nitrogens with one attached hydrogen (secondary N) is 2. The molecular formula is C21H23N5O3S. The van der Waals surface area contributed by atoms with Gasteiger partial charge in [-0.1, -0.05) is 60.3 Å². The highest BCUT2D eigenvalue weighted by Crippen LogP contribution is 2.27. The van der Waals surface area contributed by atoms with Crippen molar-refractivity contribution >= 4 is 23.8 Å². The van der Waals surface area contributed by atoms with Crippen molar-refractivity contribution < 1.29 is 14.3 Å². The fourth-order valence-corrected chi connectivity index (χ4v) is 3.46. The molecular weight excluding hydrogens is 402 g/mol. The van der Waals surface area contributed by atoms with E-state index in [9.17, 15) is 9.59 Å². The first-order valence-electron chi connectivity index (χ1n) is 9.55. The minimum Gasteiger partial charge on any atom is -0.450 e. The highest BCUT2D eigenvalue weighted by atomic mass is 32.2. The second-order valence-corrected chi connectivity index (χ2v) is 7.07. The zero-order chi connectivity index (χ0) is 21.2. The number of aromatic nitrogens is 3. The predicted molar refractivity (Wildman–Crippen MR) is 116 cm³/mol. The lowest BCUT2D eigenvalue weighted by Gasteiger charge is -2.10. The van der Waals surface area contributed by atoms with Crippen LogP contribution in [-0.2, 0) is 9.53 Å². The quantitative estimate of drug-likeness (QED) is 0.404. The monoisotopic (exact) mass is 425 g/mol. The van der Waals surface area contributed by atoms with Gasteiger partial charge in [0.25, 0.3) is 0 Å². The molecule has 0 aliphatic carbocycles. The molecule has 0 aliphatic rings. The van der Waals surface area contributed by atoms with Crippen LogP contribution in [0.5, 0.6) is 0 Å². The van der Waals surface area contributed by atoms with E-state index in [1.54, 1.807) is 6.92 Å². The van der Waals surface area contributed by atoms with E-state index >= 15 is 0 Å². The molecule has 3 aromatic rings. The van der Waals surface area contributed by atoms with Crippen LogP contribution >= 0.6 is 11.8 Å². The first-order valence-corrected chi connectivity index (χ1v) is 10.5. The Morgan fingerprint density at radius 3 is 2.33 bits per heavy atom. The molecule has 0 bridgehead atoms. The molecule has 9 heteroatoms. The van der Waals surface area contributed by atoms with Crippen molar-refractivity contribution in [2.75, 3.05) is 25.4 Å². The molecule has 0 saturated carbocycles. The smallest absolute Gasteiger partial charge is 0.407 e. The van der Waals surface area contributed by atoms with E-state index in [0.29, 0.717) is 30.7 Å². The zero-order valence-corrected chi connectivity index (χ0v) is 17.4. The highest BCUT2D eigenvalue weighted by molar-refractivity contribution is 7.99. The average Bonchev–Trinajstić information content (AvgIpc) is 3.21. The van der Waals surface area contributed by atoms with Gasteiger partial charge < -0.3 is 15.4 Å². The Morgan fingerprint density at radius 1 is 0.967 bits per heavy atom. The number of alkyl carbamates (subject to hydrolysis) is 1. The number of hydrogen-bond donors (Lipinski definition) is 2. The number of benzene rings is 2. The SMILES string of the molecule is CCOC(=O)NCCNC(=O)CSc1nnc(-c2ccccc2)n1-c1ccccc1. The van der Waals surface area contributed by atoms with Crippen LogP contribution in [0.1, 0.15) is 6.92 Å². The number of rotatable bonds is 9. The van der Waals surface area contributed by atoms with Crippen LogP contribution in [0.4, 0.5) is 4.79 Å². The van der Waals surface area contributed by atoms with E-state index in [0.717, 1.165) is 11.3 Å². The summed E-state index contributed by atoms with van der Waals surface area (Å²) in [7, 11) is 0. The Balaban J connectivity index is 1.64. The summed E-state index contributed by atoms with van der Waals surface area (Å²) >= 11 is 1.30. The lowest BCUT2D eigenvalue weighted by Crippen LogP contribution is -2.35. The van der Waals surface area contributed by atoms with Crippen molar-refractivity contribution in [2.45, 2.75) is 12.1 Å². The summed E-state index contributed by atoms with van der Waals surface area (Å²) in [6, 6.07) is 19.6. The molecule has 3 rings (SSSR count). The lowest BCUT2D eigenvalue weighted by molar-refractivity contribution is -0.118. The summed E-state index contributed by atoms with van der Waals surface area (Å²) in [6.45, 7) is 2.66. The van der Waals surface area contributed by atoms with Crippen molar-refractivity contribution in [3.05, 3.63) is 60.7 Å². The first kappa shape index (κ1) is 21.4. The van der Waals surface area contributed by atoms with Crippen LogP contribution in [0, 0.1) is 0 Å². The van der Waals surface area contributed by atoms with Gasteiger partial charge in [-0.25, -0.2) is 4.79 Å². The molecule has 0 fully saturated rings. The molecule has 0 radical (unpaired) electrons. The van der Waals surface area contributed by atoms with E-state index in [2.05, 4.69) is 20.8 Å². The number of ether oxygens (including phenoxy) is 1. The zero-order valence-electron chi connectivity index (χ0n) is 16.6. The Bertz CT molecular complexity index is 963. The topological polar surface area (TPSA) is 98.1 Å². The minimum absolute atomic E-state index is 0.158. The van der Waals surface area contributed by atoms with Gasteiger partial charge in [0.2, 0.25) is 5.91 Å². The number of amides is 2. The third-order valence-electron chi connectivity index (χ3n) is 4.00. The second-order valence-electron chi connectivity index (χ2n) is 6.13. The number of carbonyl (C=O) groups is 2. The van der Waals surface area contributed by atoms with E-state index in [1.165, 1.54) is 11.8 Å².